The van der Waals surface area contributed by atoms with E-state index in [0.717, 1.165) is 12.8 Å². The lowest BCUT2D eigenvalue weighted by molar-refractivity contribution is -0.385. The summed E-state index contributed by atoms with van der Waals surface area (Å²) in [6.07, 6.45) is 2.20. The molecule has 0 spiro atoms. The molecule has 1 amide bonds. The fraction of sp³-hybridized carbons (Fsp3) is 0.500. The minimum atomic E-state index is -0.406. The molecular formula is C14H19N3O3. The molecule has 1 saturated carbocycles. The molecule has 1 aromatic rings. The molecule has 0 bridgehead atoms. The van der Waals surface area contributed by atoms with Crippen molar-refractivity contribution < 1.29 is 9.72 Å². The van der Waals surface area contributed by atoms with Crippen LogP contribution in [0, 0.1) is 10.1 Å². The normalized spacial score (nSPS) is 15.7. The lowest BCUT2D eigenvalue weighted by atomic mass is 10.1. The van der Waals surface area contributed by atoms with Crippen molar-refractivity contribution in [2.24, 2.45) is 5.73 Å². The van der Waals surface area contributed by atoms with E-state index in [1.165, 1.54) is 6.07 Å². The van der Waals surface area contributed by atoms with Crippen molar-refractivity contribution in [3.8, 4) is 0 Å². The highest BCUT2D eigenvalue weighted by atomic mass is 16.6. The second-order valence-electron chi connectivity index (χ2n) is 5.32. The van der Waals surface area contributed by atoms with Gasteiger partial charge >= 0.3 is 0 Å². The number of benzene rings is 1. The van der Waals surface area contributed by atoms with Crippen LogP contribution in [0.3, 0.4) is 0 Å². The summed E-state index contributed by atoms with van der Waals surface area (Å²) in [7, 11) is 0. The van der Waals surface area contributed by atoms with Gasteiger partial charge in [0.15, 0.2) is 0 Å². The van der Waals surface area contributed by atoms with E-state index in [1.807, 2.05) is 0 Å². The monoisotopic (exact) mass is 277 g/mol. The van der Waals surface area contributed by atoms with E-state index >= 15 is 0 Å². The molecule has 1 aliphatic rings. The molecule has 20 heavy (non-hydrogen) atoms. The summed E-state index contributed by atoms with van der Waals surface area (Å²) in [5.41, 5.74) is 6.30. The molecule has 0 aromatic heterocycles. The Labute approximate surface area is 117 Å². The number of hydrogen-bond donors (Lipinski definition) is 1. The minimum Gasteiger partial charge on any atom is -0.335 e. The molecule has 2 N–H and O–H groups in total. The smallest absolute Gasteiger partial charge is 0.274 e. The molecule has 2 rings (SSSR count). The molecule has 0 heterocycles. The van der Waals surface area contributed by atoms with Gasteiger partial charge in [0.05, 0.1) is 11.5 Å². The lowest BCUT2D eigenvalue weighted by Crippen LogP contribution is -2.36. The summed E-state index contributed by atoms with van der Waals surface area (Å²) >= 11 is 0. The summed E-state index contributed by atoms with van der Waals surface area (Å²) in [5, 5.41) is 11.0. The Bertz CT molecular complexity index is 512. The zero-order valence-corrected chi connectivity index (χ0v) is 11.5. The van der Waals surface area contributed by atoms with E-state index in [1.54, 1.807) is 30.0 Å². The van der Waals surface area contributed by atoms with Crippen molar-refractivity contribution >= 4 is 11.6 Å². The topological polar surface area (TPSA) is 89.5 Å². The van der Waals surface area contributed by atoms with Crippen molar-refractivity contribution in [3.63, 3.8) is 0 Å². The van der Waals surface area contributed by atoms with Gasteiger partial charge < -0.3 is 10.6 Å². The molecule has 1 unspecified atom stereocenters. The van der Waals surface area contributed by atoms with Crippen LogP contribution in [0.4, 0.5) is 5.69 Å². The van der Waals surface area contributed by atoms with Gasteiger partial charge in [0.25, 0.3) is 5.69 Å². The number of rotatable bonds is 6. The maximum atomic E-state index is 12.2. The van der Waals surface area contributed by atoms with E-state index in [-0.39, 0.29) is 36.6 Å². The molecule has 6 heteroatoms. The molecule has 0 aliphatic heterocycles. The Morgan fingerprint density at radius 1 is 1.50 bits per heavy atom. The zero-order valence-electron chi connectivity index (χ0n) is 11.5. The van der Waals surface area contributed by atoms with Crippen LogP contribution >= 0.6 is 0 Å². The quantitative estimate of drug-likeness (QED) is 0.634. The number of carbonyl (C=O) groups excluding carboxylic acids is 1. The second kappa shape index (κ2) is 6.00. The van der Waals surface area contributed by atoms with E-state index in [4.69, 9.17) is 5.73 Å². The maximum Gasteiger partial charge on any atom is 0.274 e. The van der Waals surface area contributed by atoms with Gasteiger partial charge in [-0.1, -0.05) is 18.2 Å². The molecule has 0 radical (unpaired) electrons. The van der Waals surface area contributed by atoms with Gasteiger partial charge in [0, 0.05) is 30.1 Å². The van der Waals surface area contributed by atoms with Gasteiger partial charge in [-0.2, -0.15) is 0 Å². The summed E-state index contributed by atoms with van der Waals surface area (Å²) in [5.74, 6) is -0.0272. The highest BCUT2D eigenvalue weighted by molar-refractivity contribution is 5.77. The predicted molar refractivity (Wildman–Crippen MR) is 74.9 cm³/mol. The minimum absolute atomic E-state index is 0.0272. The first-order chi connectivity index (χ1) is 9.49. The van der Waals surface area contributed by atoms with Gasteiger partial charge in [-0.05, 0) is 19.8 Å². The third-order valence-corrected chi connectivity index (χ3v) is 3.33. The fourth-order valence-corrected chi connectivity index (χ4v) is 2.21. The number of hydrogen-bond acceptors (Lipinski definition) is 4. The summed E-state index contributed by atoms with van der Waals surface area (Å²) < 4.78 is 0. The van der Waals surface area contributed by atoms with Crippen molar-refractivity contribution in [2.75, 3.05) is 0 Å². The summed E-state index contributed by atoms with van der Waals surface area (Å²) in [6.45, 7) is 2.07. The Morgan fingerprint density at radius 3 is 2.70 bits per heavy atom. The summed E-state index contributed by atoms with van der Waals surface area (Å²) in [4.78, 5) is 24.5. The first-order valence-electron chi connectivity index (χ1n) is 6.76. The van der Waals surface area contributed by atoms with Crippen LogP contribution in [0.1, 0.15) is 31.7 Å². The zero-order chi connectivity index (χ0) is 14.7. The largest absolute Gasteiger partial charge is 0.335 e. The number of nitro groups is 1. The van der Waals surface area contributed by atoms with Crippen molar-refractivity contribution in [1.82, 2.24) is 4.90 Å². The van der Waals surface area contributed by atoms with Crippen LogP contribution in [0.5, 0.6) is 0 Å². The molecular weight excluding hydrogens is 258 g/mol. The van der Waals surface area contributed by atoms with Gasteiger partial charge in [-0.15, -0.1) is 0 Å². The lowest BCUT2D eigenvalue weighted by Gasteiger charge is -2.23. The third-order valence-electron chi connectivity index (χ3n) is 3.33. The number of nitrogens with zero attached hydrogens (tertiary/aromatic N) is 2. The first-order valence-corrected chi connectivity index (χ1v) is 6.76. The van der Waals surface area contributed by atoms with Crippen LogP contribution in [-0.2, 0) is 11.3 Å². The average Bonchev–Trinajstić information content (AvgIpc) is 3.19. The Balaban J connectivity index is 2.16. The van der Waals surface area contributed by atoms with Crippen LogP contribution in [0.2, 0.25) is 0 Å². The average molecular weight is 277 g/mol. The SMILES string of the molecule is CC(N)CC(=O)N(Cc1ccccc1[N+](=O)[O-])C1CC1. The molecule has 108 valence electrons. The van der Waals surface area contributed by atoms with Gasteiger partial charge in [0.2, 0.25) is 5.91 Å². The van der Waals surface area contributed by atoms with Crippen molar-refractivity contribution in [2.45, 2.75) is 44.8 Å². The number of nitrogens with two attached hydrogens (primary N) is 1. The molecule has 6 nitrogen and oxygen atoms in total. The molecule has 1 fully saturated rings. The van der Waals surface area contributed by atoms with E-state index in [0.29, 0.717) is 5.56 Å². The number of nitro benzene ring substituents is 1. The third kappa shape index (κ3) is 3.54. The highest BCUT2D eigenvalue weighted by Crippen LogP contribution is 2.30. The fourth-order valence-electron chi connectivity index (χ4n) is 2.21. The van der Waals surface area contributed by atoms with Crippen LogP contribution in [-0.4, -0.2) is 27.8 Å². The van der Waals surface area contributed by atoms with Crippen molar-refractivity contribution in [3.05, 3.63) is 39.9 Å². The van der Waals surface area contributed by atoms with Gasteiger partial charge in [-0.25, -0.2) is 0 Å². The number of carbonyl (C=O) groups is 1. The van der Waals surface area contributed by atoms with Crippen molar-refractivity contribution in [1.29, 1.82) is 0 Å². The number of amides is 1. The van der Waals surface area contributed by atoms with Crippen LogP contribution < -0.4 is 5.73 Å². The molecule has 1 atom stereocenters. The Hall–Kier alpha value is -1.95. The Morgan fingerprint density at radius 2 is 2.15 bits per heavy atom. The second-order valence-corrected chi connectivity index (χ2v) is 5.32. The molecule has 0 saturated heterocycles. The Kier molecular flexibility index (Phi) is 4.34. The standard InChI is InChI=1S/C14H19N3O3/c1-10(15)8-14(18)16(12-6-7-12)9-11-4-2-3-5-13(11)17(19)20/h2-5,10,12H,6-9,15H2,1H3. The van der Waals surface area contributed by atoms with Crippen LogP contribution in [0.15, 0.2) is 24.3 Å². The maximum absolute atomic E-state index is 12.2. The first kappa shape index (κ1) is 14.5. The molecule has 1 aliphatic carbocycles. The van der Waals surface area contributed by atoms with E-state index in [2.05, 4.69) is 0 Å². The van der Waals surface area contributed by atoms with E-state index in [9.17, 15) is 14.9 Å². The van der Waals surface area contributed by atoms with Crippen LogP contribution in [0.25, 0.3) is 0 Å². The van der Waals surface area contributed by atoms with Gasteiger partial charge in [0.1, 0.15) is 0 Å². The highest BCUT2D eigenvalue weighted by Gasteiger charge is 2.33. The predicted octanol–water partition coefficient (Wildman–Crippen LogP) is 1.82. The molecule has 1 aromatic carbocycles. The number of para-hydroxylation sites is 1. The van der Waals surface area contributed by atoms with Gasteiger partial charge in [-0.3, -0.25) is 14.9 Å². The summed E-state index contributed by atoms with van der Waals surface area (Å²) in [6, 6.07) is 6.56. The van der Waals surface area contributed by atoms with E-state index < -0.39 is 4.92 Å².